The number of nitrogen functional groups attached to an aromatic ring is 1. The van der Waals surface area contributed by atoms with Gasteiger partial charge in [-0.1, -0.05) is 5.16 Å². The third-order valence-corrected chi connectivity index (χ3v) is 2.93. The Labute approximate surface area is 107 Å². The minimum absolute atomic E-state index is 0.483. The fourth-order valence-electron chi connectivity index (χ4n) is 1.33. The smallest absolute Gasteiger partial charge is 0.257 e. The topological polar surface area (TPSA) is 74.2 Å². The third-order valence-electron chi connectivity index (χ3n) is 2.25. The molecule has 6 heteroatoms. The number of benzene rings is 1. The minimum Gasteiger partial charge on any atom is -0.398 e. The first kappa shape index (κ1) is 12.1. The Kier molecular flexibility index (Phi) is 3.75. The molecule has 1 aromatic heterocycles. The number of ether oxygens (including phenoxy) is 1. The van der Waals surface area contributed by atoms with Crippen LogP contribution in [0.5, 0.6) is 0 Å². The average Bonchev–Trinajstić information content (AvgIpc) is 2.79. The van der Waals surface area contributed by atoms with Crippen molar-refractivity contribution >= 4 is 21.6 Å². The summed E-state index contributed by atoms with van der Waals surface area (Å²) in [6, 6.07) is 5.48. The molecule has 17 heavy (non-hydrogen) atoms. The molecule has 2 N–H and O–H groups in total. The van der Waals surface area contributed by atoms with Gasteiger partial charge < -0.3 is 15.0 Å². The number of anilines is 1. The molecular weight excluding hydrogens is 286 g/mol. The van der Waals surface area contributed by atoms with Crippen LogP contribution < -0.4 is 5.73 Å². The number of methoxy groups -OCH3 is 1. The van der Waals surface area contributed by atoms with Crippen molar-refractivity contribution in [2.75, 3.05) is 19.5 Å². The molecule has 5 nitrogen and oxygen atoms in total. The van der Waals surface area contributed by atoms with Crippen molar-refractivity contribution in [3.8, 4) is 11.5 Å². The van der Waals surface area contributed by atoms with Crippen molar-refractivity contribution in [3.05, 3.63) is 28.5 Å². The zero-order valence-electron chi connectivity index (χ0n) is 9.31. The molecule has 0 aliphatic heterocycles. The van der Waals surface area contributed by atoms with E-state index >= 15 is 0 Å². The lowest BCUT2D eigenvalue weighted by atomic mass is 10.2. The van der Waals surface area contributed by atoms with Gasteiger partial charge in [0.05, 0.1) is 6.61 Å². The molecule has 90 valence electrons. The van der Waals surface area contributed by atoms with Crippen LogP contribution >= 0.6 is 15.9 Å². The van der Waals surface area contributed by atoms with Gasteiger partial charge in [0.1, 0.15) is 0 Å². The fraction of sp³-hybridized carbons (Fsp3) is 0.273. The first-order valence-electron chi connectivity index (χ1n) is 5.07. The molecule has 0 unspecified atom stereocenters. The summed E-state index contributed by atoms with van der Waals surface area (Å²) in [5.74, 6) is 1.12. The van der Waals surface area contributed by atoms with E-state index in [4.69, 9.17) is 15.0 Å². The third kappa shape index (κ3) is 2.83. The number of hydrogen-bond acceptors (Lipinski definition) is 5. The van der Waals surface area contributed by atoms with Gasteiger partial charge in [0.25, 0.3) is 5.89 Å². The van der Waals surface area contributed by atoms with Crippen LogP contribution in [0.15, 0.2) is 27.2 Å². The molecule has 2 rings (SSSR count). The van der Waals surface area contributed by atoms with E-state index in [0.717, 1.165) is 10.0 Å². The second kappa shape index (κ2) is 5.29. The minimum atomic E-state index is 0.483. The van der Waals surface area contributed by atoms with Crippen molar-refractivity contribution in [3.63, 3.8) is 0 Å². The Bertz CT molecular complexity index is 513. The Morgan fingerprint density at radius 3 is 3.00 bits per heavy atom. The van der Waals surface area contributed by atoms with Gasteiger partial charge in [-0.2, -0.15) is 4.98 Å². The zero-order chi connectivity index (χ0) is 12.3. The summed E-state index contributed by atoms with van der Waals surface area (Å²) in [4.78, 5) is 4.27. The van der Waals surface area contributed by atoms with E-state index in [1.165, 1.54) is 0 Å². The van der Waals surface area contributed by atoms with Crippen LogP contribution in [0.4, 0.5) is 5.69 Å². The van der Waals surface area contributed by atoms with Crippen LogP contribution in [0.3, 0.4) is 0 Å². The van der Waals surface area contributed by atoms with Crippen LogP contribution in [0.2, 0.25) is 0 Å². The quantitative estimate of drug-likeness (QED) is 0.876. The molecule has 0 spiro atoms. The van der Waals surface area contributed by atoms with Gasteiger partial charge in [-0.05, 0) is 34.1 Å². The Morgan fingerprint density at radius 1 is 1.47 bits per heavy atom. The predicted molar refractivity (Wildman–Crippen MR) is 67.4 cm³/mol. The fourth-order valence-corrected chi connectivity index (χ4v) is 1.71. The number of halogens is 1. The van der Waals surface area contributed by atoms with E-state index in [0.29, 0.717) is 30.4 Å². The monoisotopic (exact) mass is 297 g/mol. The van der Waals surface area contributed by atoms with Gasteiger partial charge in [0, 0.05) is 29.3 Å². The van der Waals surface area contributed by atoms with Crippen LogP contribution in [0, 0.1) is 0 Å². The first-order chi connectivity index (χ1) is 8.20. The maximum atomic E-state index is 5.71. The molecule has 0 bridgehead atoms. The van der Waals surface area contributed by atoms with Crippen molar-refractivity contribution < 1.29 is 9.26 Å². The molecule has 0 fully saturated rings. The number of nitrogens with two attached hydrogens (primary N) is 1. The van der Waals surface area contributed by atoms with Crippen molar-refractivity contribution in [1.82, 2.24) is 10.1 Å². The van der Waals surface area contributed by atoms with E-state index in [1.54, 1.807) is 13.2 Å². The predicted octanol–water partition coefficient (Wildman–Crippen LogP) is 2.27. The Morgan fingerprint density at radius 2 is 2.29 bits per heavy atom. The summed E-state index contributed by atoms with van der Waals surface area (Å²) >= 11 is 3.36. The Balaban J connectivity index is 2.21. The number of hydrogen-bond donors (Lipinski definition) is 1. The lowest BCUT2D eigenvalue weighted by Gasteiger charge is -1.99. The second-order valence-electron chi connectivity index (χ2n) is 3.49. The largest absolute Gasteiger partial charge is 0.398 e. The summed E-state index contributed by atoms with van der Waals surface area (Å²) < 4.78 is 10.9. The summed E-state index contributed by atoms with van der Waals surface area (Å²) in [5.41, 5.74) is 7.22. The highest BCUT2D eigenvalue weighted by molar-refractivity contribution is 9.10. The van der Waals surface area contributed by atoms with Crippen molar-refractivity contribution in [2.24, 2.45) is 0 Å². The summed E-state index contributed by atoms with van der Waals surface area (Å²) in [6.45, 7) is 0.574. The van der Waals surface area contributed by atoms with Gasteiger partial charge >= 0.3 is 0 Å². The van der Waals surface area contributed by atoms with Crippen LogP contribution in [-0.2, 0) is 11.2 Å². The summed E-state index contributed by atoms with van der Waals surface area (Å²) in [5, 5.41) is 3.87. The lowest BCUT2D eigenvalue weighted by molar-refractivity contribution is 0.199. The molecule has 1 heterocycles. The molecule has 2 aromatic rings. The number of rotatable bonds is 4. The lowest BCUT2D eigenvalue weighted by Crippen LogP contribution is -1.96. The maximum Gasteiger partial charge on any atom is 0.257 e. The van der Waals surface area contributed by atoms with Crippen LogP contribution in [0.25, 0.3) is 11.5 Å². The molecular formula is C11H12BrN3O2. The van der Waals surface area contributed by atoms with Gasteiger partial charge in [-0.3, -0.25) is 0 Å². The second-order valence-corrected chi connectivity index (χ2v) is 4.35. The summed E-state index contributed by atoms with van der Waals surface area (Å²) in [7, 11) is 1.64. The zero-order valence-corrected chi connectivity index (χ0v) is 10.9. The van der Waals surface area contributed by atoms with E-state index in [1.807, 2.05) is 12.1 Å². The SMILES string of the molecule is COCCc1noc(-c2ccc(N)c(Br)c2)n1. The molecule has 0 aliphatic carbocycles. The average molecular weight is 298 g/mol. The van der Waals surface area contributed by atoms with E-state index < -0.39 is 0 Å². The normalized spacial score (nSPS) is 10.7. The van der Waals surface area contributed by atoms with E-state index in [9.17, 15) is 0 Å². The molecule has 1 aromatic carbocycles. The van der Waals surface area contributed by atoms with Crippen LogP contribution in [-0.4, -0.2) is 23.9 Å². The van der Waals surface area contributed by atoms with E-state index in [-0.39, 0.29) is 0 Å². The standard InChI is InChI=1S/C11H12BrN3O2/c1-16-5-4-10-14-11(17-15-10)7-2-3-9(13)8(12)6-7/h2-3,6H,4-5,13H2,1H3. The van der Waals surface area contributed by atoms with Crippen LogP contribution in [0.1, 0.15) is 5.82 Å². The van der Waals surface area contributed by atoms with Gasteiger partial charge in [-0.15, -0.1) is 0 Å². The molecule has 0 atom stereocenters. The Hall–Kier alpha value is -1.40. The number of aromatic nitrogens is 2. The van der Waals surface area contributed by atoms with Gasteiger partial charge in [0.15, 0.2) is 5.82 Å². The van der Waals surface area contributed by atoms with Crippen molar-refractivity contribution in [1.29, 1.82) is 0 Å². The van der Waals surface area contributed by atoms with E-state index in [2.05, 4.69) is 26.1 Å². The highest BCUT2D eigenvalue weighted by Gasteiger charge is 2.09. The highest BCUT2D eigenvalue weighted by atomic mass is 79.9. The molecule has 0 aliphatic rings. The molecule has 0 saturated carbocycles. The first-order valence-corrected chi connectivity index (χ1v) is 5.87. The van der Waals surface area contributed by atoms with Gasteiger partial charge in [-0.25, -0.2) is 0 Å². The summed E-state index contributed by atoms with van der Waals surface area (Å²) in [6.07, 6.45) is 0.635. The molecule has 0 saturated heterocycles. The number of nitrogens with zero attached hydrogens (tertiary/aromatic N) is 2. The molecule has 0 radical (unpaired) electrons. The highest BCUT2D eigenvalue weighted by Crippen LogP contribution is 2.26. The van der Waals surface area contributed by atoms with Crippen molar-refractivity contribution in [2.45, 2.75) is 6.42 Å². The molecule has 0 amide bonds. The maximum absolute atomic E-state index is 5.71. The van der Waals surface area contributed by atoms with Gasteiger partial charge in [0.2, 0.25) is 0 Å².